The lowest BCUT2D eigenvalue weighted by molar-refractivity contribution is 0.0924. The van der Waals surface area contributed by atoms with E-state index in [0.717, 1.165) is 12.8 Å². The number of ketones is 1. The number of fused-ring (bicyclic) bond motifs is 1. The molecule has 0 fully saturated rings. The summed E-state index contributed by atoms with van der Waals surface area (Å²) in [5.41, 5.74) is 3.24. The van der Waals surface area contributed by atoms with E-state index in [1.807, 2.05) is 12.1 Å². The van der Waals surface area contributed by atoms with Crippen LogP contribution in [0.1, 0.15) is 21.5 Å². The second-order valence-electron chi connectivity index (χ2n) is 5.09. The maximum absolute atomic E-state index is 12.6. The van der Waals surface area contributed by atoms with Gasteiger partial charge in [0.25, 0.3) is 0 Å². The molecule has 1 aliphatic carbocycles. The molecule has 0 saturated carbocycles. The van der Waals surface area contributed by atoms with E-state index in [1.54, 1.807) is 25.3 Å². The number of rotatable bonds is 3. The van der Waals surface area contributed by atoms with Crippen molar-refractivity contribution in [2.45, 2.75) is 12.8 Å². The summed E-state index contributed by atoms with van der Waals surface area (Å²) in [6.45, 7) is 0. The number of halogens is 1. The maximum atomic E-state index is 12.6. The van der Waals surface area contributed by atoms with Crippen molar-refractivity contribution in [3.63, 3.8) is 0 Å². The zero-order valence-corrected chi connectivity index (χ0v) is 12.0. The highest BCUT2D eigenvalue weighted by Gasteiger charge is 2.28. The minimum Gasteiger partial charge on any atom is -0.495 e. The van der Waals surface area contributed by atoms with Crippen LogP contribution in [0.5, 0.6) is 5.75 Å². The minimum absolute atomic E-state index is 0.0262. The van der Waals surface area contributed by atoms with E-state index < -0.39 is 0 Å². The van der Waals surface area contributed by atoms with Crippen molar-refractivity contribution in [2.24, 2.45) is 5.92 Å². The SMILES string of the molecule is COc1cc(C(=O)C2Cc3ccccc3C2)ccc1Cl. The molecule has 2 aromatic rings. The van der Waals surface area contributed by atoms with Gasteiger partial charge >= 0.3 is 0 Å². The highest BCUT2D eigenvalue weighted by atomic mass is 35.5. The van der Waals surface area contributed by atoms with Crippen LogP contribution < -0.4 is 4.74 Å². The van der Waals surface area contributed by atoms with E-state index in [2.05, 4.69) is 12.1 Å². The van der Waals surface area contributed by atoms with E-state index in [-0.39, 0.29) is 11.7 Å². The van der Waals surface area contributed by atoms with Gasteiger partial charge in [0.15, 0.2) is 5.78 Å². The van der Waals surface area contributed by atoms with Gasteiger partial charge in [-0.2, -0.15) is 0 Å². The van der Waals surface area contributed by atoms with Gasteiger partial charge in [0, 0.05) is 11.5 Å². The fraction of sp³-hybridized carbons (Fsp3) is 0.235. The van der Waals surface area contributed by atoms with E-state index in [9.17, 15) is 4.79 Å². The zero-order valence-electron chi connectivity index (χ0n) is 11.2. The Hall–Kier alpha value is -1.80. The van der Waals surface area contributed by atoms with Crippen molar-refractivity contribution in [2.75, 3.05) is 7.11 Å². The monoisotopic (exact) mass is 286 g/mol. The Morgan fingerprint density at radius 2 is 1.80 bits per heavy atom. The topological polar surface area (TPSA) is 26.3 Å². The van der Waals surface area contributed by atoms with Gasteiger partial charge in [0.05, 0.1) is 12.1 Å². The Labute approximate surface area is 123 Å². The fourth-order valence-corrected chi connectivity index (χ4v) is 2.99. The molecular formula is C17H15ClO2. The van der Waals surface area contributed by atoms with E-state index in [1.165, 1.54) is 11.1 Å². The molecule has 102 valence electrons. The predicted molar refractivity (Wildman–Crippen MR) is 79.7 cm³/mol. The summed E-state index contributed by atoms with van der Waals surface area (Å²) in [7, 11) is 1.56. The van der Waals surface area contributed by atoms with Gasteiger partial charge in [0.1, 0.15) is 5.75 Å². The number of ether oxygens (including phenoxy) is 1. The third-order valence-electron chi connectivity index (χ3n) is 3.86. The van der Waals surface area contributed by atoms with Gasteiger partial charge in [-0.15, -0.1) is 0 Å². The smallest absolute Gasteiger partial charge is 0.166 e. The number of carbonyl (C=O) groups excluding carboxylic acids is 1. The highest BCUT2D eigenvalue weighted by Crippen LogP contribution is 2.31. The normalized spacial score (nSPS) is 14.1. The van der Waals surface area contributed by atoms with E-state index >= 15 is 0 Å². The number of Topliss-reactive ketones (excluding diaryl/α,β-unsaturated/α-hetero) is 1. The Morgan fingerprint density at radius 1 is 1.15 bits per heavy atom. The van der Waals surface area contributed by atoms with Crippen molar-refractivity contribution in [3.8, 4) is 5.75 Å². The average Bonchev–Trinajstić information content (AvgIpc) is 2.91. The molecule has 0 amide bonds. The molecule has 0 bridgehead atoms. The molecule has 0 saturated heterocycles. The van der Waals surface area contributed by atoms with Crippen LogP contribution >= 0.6 is 11.6 Å². The molecule has 0 aliphatic heterocycles. The van der Waals surface area contributed by atoms with Crippen molar-refractivity contribution < 1.29 is 9.53 Å². The molecule has 0 aromatic heterocycles. The highest BCUT2D eigenvalue weighted by molar-refractivity contribution is 6.32. The van der Waals surface area contributed by atoms with Crippen LogP contribution in [0, 0.1) is 5.92 Å². The molecule has 0 spiro atoms. The second-order valence-corrected chi connectivity index (χ2v) is 5.49. The molecule has 0 unspecified atom stereocenters. The van der Waals surface area contributed by atoms with Crippen molar-refractivity contribution >= 4 is 17.4 Å². The van der Waals surface area contributed by atoms with E-state index in [0.29, 0.717) is 16.3 Å². The number of hydrogen-bond acceptors (Lipinski definition) is 2. The lowest BCUT2D eigenvalue weighted by Crippen LogP contribution is -2.15. The van der Waals surface area contributed by atoms with Gasteiger partial charge < -0.3 is 4.74 Å². The van der Waals surface area contributed by atoms with Crippen LogP contribution in [0.3, 0.4) is 0 Å². The first-order chi connectivity index (χ1) is 9.69. The molecule has 3 rings (SSSR count). The number of benzene rings is 2. The molecule has 0 radical (unpaired) electrons. The Balaban J connectivity index is 1.84. The molecule has 20 heavy (non-hydrogen) atoms. The van der Waals surface area contributed by atoms with Crippen LogP contribution in [0.15, 0.2) is 42.5 Å². The Kier molecular flexibility index (Phi) is 3.49. The summed E-state index contributed by atoms with van der Waals surface area (Å²) >= 11 is 6.00. The van der Waals surface area contributed by atoms with Gasteiger partial charge in [0.2, 0.25) is 0 Å². The Morgan fingerprint density at radius 3 is 2.40 bits per heavy atom. The summed E-state index contributed by atoms with van der Waals surface area (Å²) in [6, 6.07) is 13.5. The number of methoxy groups -OCH3 is 1. The van der Waals surface area contributed by atoms with E-state index in [4.69, 9.17) is 16.3 Å². The fourth-order valence-electron chi connectivity index (χ4n) is 2.79. The van der Waals surface area contributed by atoms with Crippen LogP contribution in [0.25, 0.3) is 0 Å². The summed E-state index contributed by atoms with van der Waals surface area (Å²) < 4.78 is 5.18. The molecule has 1 aliphatic rings. The van der Waals surface area contributed by atoms with Gasteiger partial charge in [-0.05, 0) is 42.2 Å². The first kappa shape index (κ1) is 13.2. The zero-order chi connectivity index (χ0) is 14.1. The number of hydrogen-bond donors (Lipinski definition) is 0. The molecule has 0 N–H and O–H groups in total. The predicted octanol–water partition coefficient (Wildman–Crippen LogP) is 3.95. The second kappa shape index (κ2) is 5.29. The van der Waals surface area contributed by atoms with Crippen molar-refractivity contribution in [1.82, 2.24) is 0 Å². The van der Waals surface area contributed by atoms with Crippen LogP contribution in [0.2, 0.25) is 5.02 Å². The third kappa shape index (κ3) is 2.32. The summed E-state index contributed by atoms with van der Waals surface area (Å²) in [5.74, 6) is 0.738. The molecule has 2 nitrogen and oxygen atoms in total. The summed E-state index contributed by atoms with van der Waals surface area (Å²) in [5, 5.41) is 0.527. The number of carbonyl (C=O) groups is 1. The maximum Gasteiger partial charge on any atom is 0.166 e. The van der Waals surface area contributed by atoms with Crippen LogP contribution in [-0.4, -0.2) is 12.9 Å². The first-order valence-corrected chi connectivity index (χ1v) is 7.01. The lowest BCUT2D eigenvalue weighted by Gasteiger charge is -2.10. The molecule has 0 heterocycles. The molecular weight excluding hydrogens is 272 g/mol. The summed E-state index contributed by atoms with van der Waals surface area (Å²) in [4.78, 5) is 12.6. The van der Waals surface area contributed by atoms with Crippen molar-refractivity contribution in [1.29, 1.82) is 0 Å². The average molecular weight is 287 g/mol. The quantitative estimate of drug-likeness (QED) is 0.799. The lowest BCUT2D eigenvalue weighted by atomic mass is 9.95. The largest absolute Gasteiger partial charge is 0.495 e. The standard InChI is InChI=1S/C17H15ClO2/c1-20-16-10-13(6-7-15(16)18)17(19)14-8-11-4-2-3-5-12(11)9-14/h2-7,10,14H,8-9H2,1H3. The minimum atomic E-state index is 0.0262. The van der Waals surface area contributed by atoms with Crippen molar-refractivity contribution in [3.05, 3.63) is 64.2 Å². The van der Waals surface area contributed by atoms with Crippen LogP contribution in [-0.2, 0) is 12.8 Å². The molecule has 2 aromatic carbocycles. The van der Waals surface area contributed by atoms with Gasteiger partial charge in [-0.25, -0.2) is 0 Å². The molecule has 3 heteroatoms. The van der Waals surface area contributed by atoms with Crippen LogP contribution in [0.4, 0.5) is 0 Å². The third-order valence-corrected chi connectivity index (χ3v) is 4.17. The first-order valence-electron chi connectivity index (χ1n) is 6.63. The van der Waals surface area contributed by atoms with Gasteiger partial charge in [-0.3, -0.25) is 4.79 Å². The van der Waals surface area contributed by atoms with Gasteiger partial charge in [-0.1, -0.05) is 35.9 Å². The Bertz CT molecular complexity index is 639. The summed E-state index contributed by atoms with van der Waals surface area (Å²) in [6.07, 6.45) is 1.64. The molecule has 0 atom stereocenters.